The van der Waals surface area contributed by atoms with E-state index < -0.39 is 10.0 Å². The van der Waals surface area contributed by atoms with Crippen LogP contribution in [0.5, 0.6) is 0 Å². The van der Waals surface area contributed by atoms with Crippen LogP contribution in [0.25, 0.3) is 11.5 Å². The van der Waals surface area contributed by atoms with Crippen LogP contribution in [0.2, 0.25) is 0 Å². The average molecular weight is 472 g/mol. The molecule has 0 atom stereocenters. The lowest BCUT2D eigenvalue weighted by Gasteiger charge is -2.25. The Bertz CT molecular complexity index is 1230. The standard InChI is InChI=1S/C23H25N3O4S2/c1-16-9-10-20(17(2)13-16)21(27)15-31-23-25-24-22(30-23)18-7-6-8-19(14-18)32(28,29)26-11-4-3-5-12-26/h6-10,13-14H,3-5,11-12,15H2,1-2H3. The molecule has 0 bridgehead atoms. The molecule has 0 aliphatic carbocycles. The van der Waals surface area contributed by atoms with Crippen LogP contribution in [0.3, 0.4) is 0 Å². The first-order chi connectivity index (χ1) is 15.3. The van der Waals surface area contributed by atoms with Crippen molar-refractivity contribution in [2.24, 2.45) is 0 Å². The van der Waals surface area contributed by atoms with Gasteiger partial charge in [0.1, 0.15) is 0 Å². The van der Waals surface area contributed by atoms with Gasteiger partial charge in [0.05, 0.1) is 10.6 Å². The zero-order valence-corrected chi connectivity index (χ0v) is 19.7. The second kappa shape index (κ2) is 9.56. The van der Waals surface area contributed by atoms with E-state index in [1.165, 1.54) is 16.1 Å². The summed E-state index contributed by atoms with van der Waals surface area (Å²) in [4.78, 5) is 12.8. The fraction of sp³-hybridized carbons (Fsp3) is 0.348. The van der Waals surface area contributed by atoms with Crippen LogP contribution in [-0.4, -0.2) is 47.5 Å². The minimum absolute atomic E-state index is 0.0122. The van der Waals surface area contributed by atoms with Crippen molar-refractivity contribution in [2.75, 3.05) is 18.8 Å². The van der Waals surface area contributed by atoms with Gasteiger partial charge in [0.2, 0.25) is 15.9 Å². The Kier molecular flexibility index (Phi) is 6.78. The van der Waals surface area contributed by atoms with E-state index in [1.807, 2.05) is 32.0 Å². The molecule has 1 aliphatic rings. The number of carbonyl (C=O) groups is 1. The molecule has 1 saturated heterocycles. The van der Waals surface area contributed by atoms with Crippen LogP contribution in [-0.2, 0) is 10.0 Å². The summed E-state index contributed by atoms with van der Waals surface area (Å²) >= 11 is 1.17. The topological polar surface area (TPSA) is 93.4 Å². The van der Waals surface area contributed by atoms with Gasteiger partial charge >= 0.3 is 0 Å². The van der Waals surface area contributed by atoms with Gasteiger partial charge in [-0.05, 0) is 50.5 Å². The first-order valence-electron chi connectivity index (χ1n) is 10.5. The lowest BCUT2D eigenvalue weighted by Crippen LogP contribution is -2.35. The summed E-state index contributed by atoms with van der Waals surface area (Å²) in [5.74, 6) is 0.388. The number of thioether (sulfide) groups is 1. The van der Waals surface area contributed by atoms with E-state index in [2.05, 4.69) is 10.2 Å². The minimum Gasteiger partial charge on any atom is -0.411 e. The van der Waals surface area contributed by atoms with Gasteiger partial charge < -0.3 is 4.42 Å². The number of aromatic nitrogens is 2. The molecule has 4 rings (SSSR count). The second-order valence-corrected chi connectivity index (χ2v) is 10.8. The van der Waals surface area contributed by atoms with Crippen molar-refractivity contribution in [2.45, 2.75) is 43.2 Å². The molecule has 2 heterocycles. The van der Waals surface area contributed by atoms with Crippen LogP contribution >= 0.6 is 11.8 Å². The van der Waals surface area contributed by atoms with Gasteiger partial charge in [-0.2, -0.15) is 4.31 Å². The predicted octanol–water partition coefficient (Wildman–Crippen LogP) is 4.50. The SMILES string of the molecule is Cc1ccc(C(=O)CSc2nnc(-c3cccc(S(=O)(=O)N4CCCCC4)c3)o2)c(C)c1. The van der Waals surface area contributed by atoms with Crippen molar-refractivity contribution in [3.63, 3.8) is 0 Å². The first kappa shape index (κ1) is 22.7. The Labute approximate surface area is 192 Å². The number of Topliss-reactive ketones (excluding diaryl/α,β-unsaturated/α-hetero) is 1. The maximum absolute atomic E-state index is 13.0. The Morgan fingerprint density at radius 3 is 2.59 bits per heavy atom. The molecule has 168 valence electrons. The summed E-state index contributed by atoms with van der Waals surface area (Å²) in [6, 6.07) is 12.3. The molecule has 2 aromatic carbocycles. The highest BCUT2D eigenvalue weighted by Crippen LogP contribution is 2.28. The number of hydrogen-bond donors (Lipinski definition) is 0. The Balaban J connectivity index is 1.46. The fourth-order valence-corrected chi connectivity index (χ4v) is 5.97. The van der Waals surface area contributed by atoms with E-state index in [-0.39, 0.29) is 27.5 Å². The molecule has 32 heavy (non-hydrogen) atoms. The van der Waals surface area contributed by atoms with Crippen molar-refractivity contribution < 1.29 is 17.6 Å². The average Bonchev–Trinajstić information content (AvgIpc) is 3.27. The van der Waals surface area contributed by atoms with Gasteiger partial charge in [0, 0.05) is 24.2 Å². The third-order valence-corrected chi connectivity index (χ3v) is 8.16. The zero-order chi connectivity index (χ0) is 22.7. The van der Waals surface area contributed by atoms with Gasteiger partial charge in [-0.1, -0.05) is 48.0 Å². The van der Waals surface area contributed by atoms with Crippen molar-refractivity contribution in [3.8, 4) is 11.5 Å². The summed E-state index contributed by atoms with van der Waals surface area (Å²) in [5.41, 5.74) is 3.26. The number of sulfonamides is 1. The molecule has 0 spiro atoms. The molecular weight excluding hydrogens is 446 g/mol. The van der Waals surface area contributed by atoms with Crippen LogP contribution in [0.1, 0.15) is 40.7 Å². The second-order valence-electron chi connectivity index (χ2n) is 7.90. The number of hydrogen-bond acceptors (Lipinski definition) is 7. The summed E-state index contributed by atoms with van der Waals surface area (Å²) in [7, 11) is -3.55. The molecule has 3 aromatic rings. The first-order valence-corrected chi connectivity index (χ1v) is 12.9. The molecule has 1 aromatic heterocycles. The van der Waals surface area contributed by atoms with E-state index in [9.17, 15) is 13.2 Å². The summed E-state index contributed by atoms with van der Waals surface area (Å²) in [6.45, 7) is 4.99. The number of nitrogens with zero attached hydrogens (tertiary/aromatic N) is 3. The molecule has 0 saturated carbocycles. The highest BCUT2D eigenvalue weighted by atomic mass is 32.2. The van der Waals surface area contributed by atoms with E-state index in [0.717, 1.165) is 30.4 Å². The molecular formula is C23H25N3O4S2. The minimum atomic E-state index is -3.55. The van der Waals surface area contributed by atoms with E-state index in [0.29, 0.717) is 24.2 Å². The van der Waals surface area contributed by atoms with Gasteiger partial charge in [-0.25, -0.2) is 8.42 Å². The summed E-state index contributed by atoms with van der Waals surface area (Å²) in [6.07, 6.45) is 2.81. The number of carbonyl (C=O) groups excluding carboxylic acids is 1. The third kappa shape index (κ3) is 4.95. The smallest absolute Gasteiger partial charge is 0.277 e. The monoisotopic (exact) mass is 471 g/mol. The highest BCUT2D eigenvalue weighted by Gasteiger charge is 2.26. The summed E-state index contributed by atoms with van der Waals surface area (Å²) in [5, 5.41) is 8.32. The van der Waals surface area contributed by atoms with Crippen molar-refractivity contribution in [3.05, 3.63) is 59.2 Å². The molecule has 7 nitrogen and oxygen atoms in total. The Hall–Kier alpha value is -2.49. The predicted molar refractivity (Wildman–Crippen MR) is 123 cm³/mol. The van der Waals surface area contributed by atoms with Gasteiger partial charge in [0.25, 0.3) is 5.22 Å². The normalized spacial score (nSPS) is 15.1. The van der Waals surface area contributed by atoms with Gasteiger partial charge in [-0.3, -0.25) is 4.79 Å². The van der Waals surface area contributed by atoms with Crippen molar-refractivity contribution in [1.82, 2.24) is 14.5 Å². The lowest BCUT2D eigenvalue weighted by atomic mass is 10.0. The van der Waals surface area contributed by atoms with E-state index in [1.54, 1.807) is 24.3 Å². The summed E-state index contributed by atoms with van der Waals surface area (Å²) < 4.78 is 33.1. The number of aryl methyl sites for hydroxylation is 2. The Morgan fingerprint density at radius 1 is 1.06 bits per heavy atom. The van der Waals surface area contributed by atoms with Crippen molar-refractivity contribution >= 4 is 27.6 Å². The van der Waals surface area contributed by atoms with Crippen LogP contribution in [0, 0.1) is 13.8 Å². The van der Waals surface area contributed by atoms with Crippen LogP contribution in [0.15, 0.2) is 57.0 Å². The van der Waals surface area contributed by atoms with Crippen LogP contribution < -0.4 is 0 Å². The molecule has 1 fully saturated rings. The molecule has 0 unspecified atom stereocenters. The number of ketones is 1. The van der Waals surface area contributed by atoms with E-state index >= 15 is 0 Å². The molecule has 9 heteroatoms. The van der Waals surface area contributed by atoms with E-state index in [4.69, 9.17) is 4.42 Å². The van der Waals surface area contributed by atoms with Crippen LogP contribution in [0.4, 0.5) is 0 Å². The quantitative estimate of drug-likeness (QED) is 0.370. The molecule has 0 amide bonds. The molecule has 0 radical (unpaired) electrons. The maximum Gasteiger partial charge on any atom is 0.277 e. The third-order valence-electron chi connectivity index (χ3n) is 5.45. The number of rotatable bonds is 7. The molecule has 1 aliphatic heterocycles. The van der Waals surface area contributed by atoms with Gasteiger partial charge in [0.15, 0.2) is 5.78 Å². The largest absolute Gasteiger partial charge is 0.411 e. The zero-order valence-electron chi connectivity index (χ0n) is 18.1. The lowest BCUT2D eigenvalue weighted by molar-refractivity contribution is 0.102. The number of piperidine rings is 1. The molecule has 0 N–H and O–H groups in total. The Morgan fingerprint density at radius 2 is 1.84 bits per heavy atom. The maximum atomic E-state index is 13.0. The number of benzene rings is 2. The van der Waals surface area contributed by atoms with Gasteiger partial charge in [-0.15, -0.1) is 10.2 Å². The highest BCUT2D eigenvalue weighted by molar-refractivity contribution is 7.99. The fourth-order valence-electron chi connectivity index (χ4n) is 3.76. The van der Waals surface area contributed by atoms with Crippen molar-refractivity contribution in [1.29, 1.82) is 0 Å².